The minimum absolute atomic E-state index is 0.0238. The lowest BCUT2D eigenvalue weighted by Gasteiger charge is -2.38. The molecule has 2 nitrogen and oxygen atoms in total. The molecule has 1 atom stereocenters. The van der Waals surface area contributed by atoms with Crippen LogP contribution in [0.3, 0.4) is 0 Å². The molecular weight excluding hydrogens is 200 g/mol. The van der Waals surface area contributed by atoms with Crippen LogP contribution in [-0.4, -0.2) is 31.8 Å². The summed E-state index contributed by atoms with van der Waals surface area (Å²) in [5, 5.41) is 0. The molecule has 0 aromatic heterocycles. The van der Waals surface area contributed by atoms with Gasteiger partial charge in [-0.05, 0) is 25.7 Å². The average molecular weight is 223 g/mol. The molecule has 0 saturated heterocycles. The smallest absolute Gasteiger partial charge is 0.0758 e. The van der Waals surface area contributed by atoms with E-state index in [0.717, 1.165) is 6.42 Å². The molecule has 0 saturated carbocycles. The Morgan fingerprint density at radius 1 is 1.14 bits per heavy atom. The summed E-state index contributed by atoms with van der Waals surface area (Å²) in [5.74, 6) is 0.517. The van der Waals surface area contributed by atoms with Crippen molar-refractivity contribution in [2.75, 3.05) is 20.1 Å². The van der Waals surface area contributed by atoms with Gasteiger partial charge in [0.2, 0.25) is 0 Å². The van der Waals surface area contributed by atoms with Crippen molar-refractivity contribution < 1.29 is 9.47 Å². The minimum atomic E-state index is -0.133. The van der Waals surface area contributed by atoms with Gasteiger partial charge in [-0.1, -0.05) is 13.8 Å². The van der Waals surface area contributed by atoms with Crippen molar-refractivity contribution >= 4 is 11.6 Å². The second-order valence-electron chi connectivity index (χ2n) is 5.01. The van der Waals surface area contributed by atoms with E-state index in [2.05, 4.69) is 27.7 Å². The first-order valence-electron chi connectivity index (χ1n) is 4.93. The maximum absolute atomic E-state index is 5.86. The third kappa shape index (κ3) is 4.16. The molecule has 86 valence electrons. The second kappa shape index (κ2) is 5.34. The summed E-state index contributed by atoms with van der Waals surface area (Å²) in [4.78, 5) is 0. The Bertz CT molecular complexity index is 163. The van der Waals surface area contributed by atoms with Crippen molar-refractivity contribution in [2.45, 2.75) is 45.8 Å². The zero-order chi connectivity index (χ0) is 11.4. The van der Waals surface area contributed by atoms with Gasteiger partial charge in [0.1, 0.15) is 0 Å². The number of alkyl halides is 1. The third-order valence-corrected chi connectivity index (χ3v) is 3.01. The van der Waals surface area contributed by atoms with E-state index in [1.165, 1.54) is 0 Å². The Labute approximate surface area is 92.9 Å². The van der Waals surface area contributed by atoms with Gasteiger partial charge in [-0.2, -0.15) is 0 Å². The molecule has 0 radical (unpaired) electrons. The summed E-state index contributed by atoms with van der Waals surface area (Å²) < 4.78 is 10.8. The molecule has 0 aliphatic carbocycles. The number of ether oxygens (including phenoxy) is 2. The summed E-state index contributed by atoms with van der Waals surface area (Å²) in [6.45, 7) is 8.47. The van der Waals surface area contributed by atoms with E-state index in [1.54, 1.807) is 14.2 Å². The quantitative estimate of drug-likeness (QED) is 0.643. The lowest BCUT2D eigenvalue weighted by Crippen LogP contribution is -2.40. The van der Waals surface area contributed by atoms with Crippen LogP contribution in [-0.2, 0) is 9.47 Å². The first-order chi connectivity index (χ1) is 6.29. The summed E-state index contributed by atoms with van der Waals surface area (Å²) in [6, 6.07) is 0. The highest BCUT2D eigenvalue weighted by Crippen LogP contribution is 2.34. The molecule has 0 spiro atoms. The molecular formula is C11H23ClO2. The van der Waals surface area contributed by atoms with E-state index in [0.29, 0.717) is 5.88 Å². The predicted octanol–water partition coefficient (Wildman–Crippen LogP) is 3.08. The largest absolute Gasteiger partial charge is 0.380 e. The van der Waals surface area contributed by atoms with Crippen molar-refractivity contribution in [3.8, 4) is 0 Å². The van der Waals surface area contributed by atoms with E-state index in [-0.39, 0.29) is 17.1 Å². The third-order valence-electron chi connectivity index (χ3n) is 2.73. The lowest BCUT2D eigenvalue weighted by atomic mass is 9.77. The van der Waals surface area contributed by atoms with Crippen LogP contribution >= 0.6 is 11.6 Å². The van der Waals surface area contributed by atoms with E-state index in [1.807, 2.05) is 0 Å². The van der Waals surface area contributed by atoms with Crippen LogP contribution in [0.15, 0.2) is 0 Å². The van der Waals surface area contributed by atoms with Crippen molar-refractivity contribution in [2.24, 2.45) is 5.41 Å². The first kappa shape index (κ1) is 14.2. The van der Waals surface area contributed by atoms with Gasteiger partial charge in [0.15, 0.2) is 0 Å². The molecule has 0 aliphatic rings. The van der Waals surface area contributed by atoms with Crippen LogP contribution in [0.1, 0.15) is 34.1 Å². The summed E-state index contributed by atoms with van der Waals surface area (Å²) in [7, 11) is 3.44. The molecule has 0 aromatic carbocycles. The highest BCUT2D eigenvalue weighted by Gasteiger charge is 2.35. The molecule has 14 heavy (non-hydrogen) atoms. The van der Waals surface area contributed by atoms with Crippen LogP contribution in [0.5, 0.6) is 0 Å². The number of hydrogen-bond donors (Lipinski definition) is 0. The van der Waals surface area contributed by atoms with E-state index >= 15 is 0 Å². The Kier molecular flexibility index (Phi) is 5.42. The highest BCUT2D eigenvalue weighted by atomic mass is 35.5. The molecule has 0 heterocycles. The maximum atomic E-state index is 5.86. The van der Waals surface area contributed by atoms with Gasteiger partial charge in [0, 0.05) is 20.1 Å². The SMILES string of the molecule is CO[C@@H](CCl)C(C)(C)CC(C)(C)OC. The molecule has 0 rings (SSSR count). The Hall–Kier alpha value is 0.210. The summed E-state index contributed by atoms with van der Waals surface area (Å²) >= 11 is 5.86. The van der Waals surface area contributed by atoms with Crippen molar-refractivity contribution in [3.05, 3.63) is 0 Å². The Morgan fingerprint density at radius 2 is 1.64 bits per heavy atom. The van der Waals surface area contributed by atoms with Crippen LogP contribution in [0.25, 0.3) is 0 Å². The fraction of sp³-hybridized carbons (Fsp3) is 1.00. The number of hydrogen-bond acceptors (Lipinski definition) is 2. The van der Waals surface area contributed by atoms with Gasteiger partial charge in [0.25, 0.3) is 0 Å². The standard InChI is InChI=1S/C11H23ClO2/c1-10(2,9(7-12)13-5)8-11(3,4)14-6/h9H,7-8H2,1-6H3/t9-/m0/s1. The van der Waals surface area contributed by atoms with Crippen LogP contribution in [0.2, 0.25) is 0 Å². The first-order valence-corrected chi connectivity index (χ1v) is 5.46. The van der Waals surface area contributed by atoms with Gasteiger partial charge >= 0.3 is 0 Å². The fourth-order valence-corrected chi connectivity index (χ4v) is 2.42. The molecule has 0 unspecified atom stereocenters. The number of halogens is 1. The highest BCUT2D eigenvalue weighted by molar-refractivity contribution is 6.18. The van der Waals surface area contributed by atoms with Gasteiger partial charge in [0.05, 0.1) is 11.7 Å². The topological polar surface area (TPSA) is 18.5 Å². The second-order valence-corrected chi connectivity index (χ2v) is 5.32. The molecule has 0 N–H and O–H groups in total. The van der Waals surface area contributed by atoms with Gasteiger partial charge in [-0.3, -0.25) is 0 Å². The monoisotopic (exact) mass is 222 g/mol. The summed E-state index contributed by atoms with van der Waals surface area (Å²) in [6.07, 6.45) is 0.987. The molecule has 0 aromatic rings. The molecule has 0 amide bonds. The van der Waals surface area contributed by atoms with Gasteiger partial charge < -0.3 is 9.47 Å². The normalized spacial score (nSPS) is 15.6. The molecule has 0 fully saturated rings. The van der Waals surface area contributed by atoms with Crippen LogP contribution in [0.4, 0.5) is 0 Å². The molecule has 3 heteroatoms. The van der Waals surface area contributed by atoms with Crippen molar-refractivity contribution in [3.63, 3.8) is 0 Å². The van der Waals surface area contributed by atoms with Crippen LogP contribution < -0.4 is 0 Å². The lowest BCUT2D eigenvalue weighted by molar-refractivity contribution is -0.0563. The predicted molar refractivity (Wildman–Crippen MR) is 61.0 cm³/mol. The molecule has 0 bridgehead atoms. The van der Waals surface area contributed by atoms with E-state index < -0.39 is 0 Å². The van der Waals surface area contributed by atoms with Gasteiger partial charge in [-0.15, -0.1) is 11.6 Å². The minimum Gasteiger partial charge on any atom is -0.380 e. The number of rotatable bonds is 6. The van der Waals surface area contributed by atoms with Crippen molar-refractivity contribution in [1.82, 2.24) is 0 Å². The average Bonchev–Trinajstić information content (AvgIpc) is 2.04. The zero-order valence-electron chi connectivity index (χ0n) is 10.2. The fourth-order valence-electron chi connectivity index (χ4n) is 1.87. The molecule has 0 aliphatic heterocycles. The van der Waals surface area contributed by atoms with Crippen LogP contribution in [0, 0.1) is 5.41 Å². The number of methoxy groups -OCH3 is 2. The van der Waals surface area contributed by atoms with Crippen molar-refractivity contribution in [1.29, 1.82) is 0 Å². The Balaban J connectivity index is 4.45. The van der Waals surface area contributed by atoms with E-state index in [4.69, 9.17) is 21.1 Å². The Morgan fingerprint density at radius 3 is 1.93 bits per heavy atom. The summed E-state index contributed by atoms with van der Waals surface area (Å²) in [5.41, 5.74) is -0.109. The zero-order valence-corrected chi connectivity index (χ0v) is 10.9. The van der Waals surface area contributed by atoms with E-state index in [9.17, 15) is 0 Å². The maximum Gasteiger partial charge on any atom is 0.0758 e. The van der Waals surface area contributed by atoms with Gasteiger partial charge in [-0.25, -0.2) is 0 Å².